The average Bonchev–Trinajstić information content (AvgIpc) is 3.12. The first-order chi connectivity index (χ1) is 25.2. The lowest BCUT2D eigenvalue weighted by atomic mass is 9.79. The molecule has 10 nitrogen and oxygen atoms in total. The Morgan fingerprint density at radius 2 is 1.90 bits per heavy atom. The Hall–Kier alpha value is -3.68. The van der Waals surface area contributed by atoms with E-state index in [4.69, 9.17) is 24.9 Å². The van der Waals surface area contributed by atoms with Crippen LogP contribution < -0.4 is 30.6 Å². The van der Waals surface area contributed by atoms with Gasteiger partial charge in [0.25, 0.3) is 0 Å². The number of aliphatic hydroxyl groups is 1. The number of hydrogen-bond donors (Lipinski definition) is 5. The van der Waals surface area contributed by atoms with Crippen molar-refractivity contribution in [2.45, 2.75) is 83.4 Å². The summed E-state index contributed by atoms with van der Waals surface area (Å²) < 4.78 is 18.8. The third-order valence-electron chi connectivity index (χ3n) is 10.2. The fourth-order valence-electron chi connectivity index (χ4n) is 7.20. The number of ether oxygens (including phenoxy) is 3. The molecule has 0 saturated heterocycles. The lowest BCUT2D eigenvalue weighted by Crippen LogP contribution is -2.49. The number of phenols is 1. The van der Waals surface area contributed by atoms with Crippen molar-refractivity contribution < 1.29 is 29.2 Å². The molecule has 0 saturated carbocycles. The highest BCUT2D eigenvalue weighted by molar-refractivity contribution is 8.76. The van der Waals surface area contributed by atoms with Crippen molar-refractivity contribution in [1.82, 2.24) is 10.6 Å². The molecule has 2 aromatic rings. The van der Waals surface area contributed by atoms with E-state index in [-0.39, 0.29) is 60.8 Å². The summed E-state index contributed by atoms with van der Waals surface area (Å²) in [6.07, 6.45) is 2.71. The lowest BCUT2D eigenvalue weighted by Gasteiger charge is -2.37. The highest BCUT2D eigenvalue weighted by atomic mass is 33.1. The second-order valence-corrected chi connectivity index (χ2v) is 16.8. The van der Waals surface area contributed by atoms with E-state index < -0.39 is 6.10 Å². The Morgan fingerprint density at radius 3 is 2.73 bits per heavy atom. The van der Waals surface area contributed by atoms with Gasteiger partial charge in [-0.2, -0.15) is 0 Å². The van der Waals surface area contributed by atoms with Gasteiger partial charge < -0.3 is 35.5 Å². The Labute approximate surface area is 315 Å². The van der Waals surface area contributed by atoms with E-state index in [1.807, 2.05) is 21.6 Å². The number of fused-ring (bicyclic) bond motifs is 9. The Balaban J connectivity index is 1.41. The van der Waals surface area contributed by atoms with Crippen molar-refractivity contribution in [3.8, 4) is 46.7 Å². The van der Waals surface area contributed by atoms with E-state index in [1.165, 1.54) is 7.11 Å². The van der Waals surface area contributed by atoms with Crippen molar-refractivity contribution in [3.63, 3.8) is 0 Å². The minimum Gasteiger partial charge on any atom is -0.504 e. The van der Waals surface area contributed by atoms with Gasteiger partial charge in [-0.3, -0.25) is 10.1 Å². The number of nitrogens with zero attached hydrogens (tertiary/aromatic N) is 1. The summed E-state index contributed by atoms with van der Waals surface area (Å²) in [6, 6.07) is 5.40. The summed E-state index contributed by atoms with van der Waals surface area (Å²) in [5, 5.41) is 28.5. The molecule has 12 heteroatoms. The molecular weight excluding hydrogens is 697 g/mol. The number of aliphatic hydroxyl groups excluding tert-OH is 1. The molecule has 2 aromatic carbocycles. The minimum atomic E-state index is -0.785. The van der Waals surface area contributed by atoms with Crippen molar-refractivity contribution in [3.05, 3.63) is 46.0 Å². The maximum absolute atomic E-state index is 13.0. The summed E-state index contributed by atoms with van der Waals surface area (Å²) in [7, 11) is 5.20. The number of aromatic hydroxyl groups is 1. The number of phenolic OH excluding ortho intramolecular Hbond substituents is 1. The van der Waals surface area contributed by atoms with Crippen LogP contribution in [0.25, 0.3) is 0 Å². The number of aliphatic imine (C=N–C) groups is 1. The van der Waals surface area contributed by atoms with Crippen LogP contribution in [0.2, 0.25) is 0 Å². The summed E-state index contributed by atoms with van der Waals surface area (Å²) in [5.41, 5.74) is 10.9. The molecule has 6 N–H and O–H groups in total. The van der Waals surface area contributed by atoms with Crippen molar-refractivity contribution >= 4 is 33.3 Å². The standard InChI is InChI=1S/C40H50N4O6S2/c1-24(2)35-22-52-51-21-33-28-18-32-26-11-14-30(46)19-29(45)13-10-25-12-15-36(47)38(48-3)31(25)8-6-7-27(17-26)37(39(32)49-20-28)50-23-42-16-5-4-9-34(33)43-40(41)44-35/h12,15,17,24,28,30,33-35,42,46-47H,5,7,10-11,13-14,16,18-23H2,1-3H3,(H3,41,43,44)/t28-,30+,33+,34+,35+/m0/s1. The number of nitrogens with two attached hydrogens (primary N) is 1. The second kappa shape index (κ2) is 17.9. The minimum absolute atomic E-state index is 0.0122. The van der Waals surface area contributed by atoms with Gasteiger partial charge in [-0.1, -0.05) is 71.2 Å². The molecule has 0 spiro atoms. The number of ketones is 1. The molecule has 0 unspecified atom stereocenters. The van der Waals surface area contributed by atoms with Gasteiger partial charge in [-0.25, -0.2) is 4.99 Å². The molecule has 0 fully saturated rings. The molecule has 5 atom stereocenters. The Bertz CT molecular complexity index is 1780. The number of methoxy groups -OCH3 is 1. The molecule has 5 aliphatic rings. The Kier molecular flexibility index (Phi) is 13.1. The van der Waals surface area contributed by atoms with E-state index in [1.54, 1.807) is 12.1 Å². The topological polar surface area (TPSA) is 148 Å². The lowest BCUT2D eigenvalue weighted by molar-refractivity contribution is -0.121. The van der Waals surface area contributed by atoms with Gasteiger partial charge >= 0.3 is 0 Å². The van der Waals surface area contributed by atoms with E-state index >= 15 is 0 Å². The number of nitrogens with one attached hydrogen (secondary N) is 2. The van der Waals surface area contributed by atoms with Crippen molar-refractivity contribution in [2.75, 3.05) is 38.5 Å². The number of rotatable bonds is 2. The monoisotopic (exact) mass is 746 g/mol. The van der Waals surface area contributed by atoms with Crippen LogP contribution in [-0.4, -0.2) is 78.6 Å². The van der Waals surface area contributed by atoms with Crippen LogP contribution in [0.3, 0.4) is 0 Å². The summed E-state index contributed by atoms with van der Waals surface area (Å²) in [6.45, 7) is 5.74. The first-order valence-corrected chi connectivity index (χ1v) is 20.7. The quantitative estimate of drug-likeness (QED) is 0.220. The van der Waals surface area contributed by atoms with Crippen LogP contribution in [0.5, 0.6) is 23.0 Å². The van der Waals surface area contributed by atoms with Gasteiger partial charge in [0.15, 0.2) is 29.0 Å². The number of hydrogen-bond acceptors (Lipinski definition) is 12. The first-order valence-electron chi connectivity index (χ1n) is 18.3. The van der Waals surface area contributed by atoms with E-state index in [9.17, 15) is 15.0 Å². The molecule has 4 aliphatic heterocycles. The predicted octanol–water partition coefficient (Wildman–Crippen LogP) is 4.39. The third-order valence-corrected chi connectivity index (χ3v) is 12.7. The van der Waals surface area contributed by atoms with Gasteiger partial charge in [0, 0.05) is 66.7 Å². The summed E-state index contributed by atoms with van der Waals surface area (Å²) in [5.74, 6) is 17.9. The van der Waals surface area contributed by atoms with Crippen LogP contribution >= 0.6 is 21.6 Å². The second-order valence-electron chi connectivity index (χ2n) is 14.2. The van der Waals surface area contributed by atoms with E-state index in [2.05, 4.69) is 54.2 Å². The van der Waals surface area contributed by atoms with Gasteiger partial charge in [-0.15, -0.1) is 0 Å². The number of carbonyl (C=O) groups is 1. The maximum atomic E-state index is 13.0. The number of benzene rings is 2. The maximum Gasteiger partial charge on any atom is 0.189 e. The normalized spacial score (nSPS) is 25.6. The number of aryl methyl sites for hydroxylation is 2. The number of Topliss-reactive ketones (excluding diaryl/α,β-unsaturated/α-hetero) is 1. The SMILES string of the molecule is COc1c(O)ccc2c1C#CCc1cc(c3c4c1OCNCCC#C[C@H]1NC(N)=N[C@@H](C(C)C)CSSC[C@@H]1[C@H](CO4)C3)CC[C@@H](O)CC(=O)CC2. The molecule has 7 rings (SSSR count). The molecule has 278 valence electrons. The average molecular weight is 747 g/mol. The van der Waals surface area contributed by atoms with E-state index in [0.717, 1.165) is 40.2 Å². The zero-order valence-corrected chi connectivity index (χ0v) is 31.9. The Morgan fingerprint density at radius 1 is 1.06 bits per heavy atom. The number of carbonyl (C=O) groups excluding carboxylic acids is 1. The van der Waals surface area contributed by atoms with Crippen molar-refractivity contribution in [2.24, 2.45) is 28.5 Å². The first kappa shape index (κ1) is 38.1. The molecular formula is C40H50N4O6S2. The van der Waals surface area contributed by atoms with Crippen LogP contribution in [0.1, 0.15) is 67.3 Å². The molecule has 0 radical (unpaired) electrons. The molecule has 0 amide bonds. The molecule has 0 aromatic heterocycles. The van der Waals surface area contributed by atoms with E-state index in [0.29, 0.717) is 74.2 Å². The molecule has 6 bridgehead atoms. The van der Waals surface area contributed by atoms with Crippen LogP contribution in [0.4, 0.5) is 0 Å². The zero-order valence-electron chi connectivity index (χ0n) is 30.3. The fraction of sp³-hybridized carbons (Fsp3) is 0.550. The fourth-order valence-corrected chi connectivity index (χ4v) is 10.1. The van der Waals surface area contributed by atoms with Gasteiger partial charge in [0.05, 0.1) is 37.5 Å². The zero-order chi connectivity index (χ0) is 36.6. The van der Waals surface area contributed by atoms with Crippen LogP contribution in [0, 0.1) is 41.4 Å². The van der Waals surface area contributed by atoms with Crippen LogP contribution in [0.15, 0.2) is 23.2 Å². The summed E-state index contributed by atoms with van der Waals surface area (Å²) in [4.78, 5) is 17.9. The molecule has 1 aliphatic carbocycles. The highest BCUT2D eigenvalue weighted by Crippen LogP contribution is 2.45. The predicted molar refractivity (Wildman–Crippen MR) is 208 cm³/mol. The summed E-state index contributed by atoms with van der Waals surface area (Å²) >= 11 is 0. The number of guanidine groups is 1. The van der Waals surface area contributed by atoms with Crippen molar-refractivity contribution in [1.29, 1.82) is 0 Å². The van der Waals surface area contributed by atoms with Crippen LogP contribution in [-0.2, 0) is 30.5 Å². The molecule has 4 heterocycles. The smallest absolute Gasteiger partial charge is 0.189 e. The van der Waals surface area contributed by atoms with Gasteiger partial charge in [0.2, 0.25) is 0 Å². The third kappa shape index (κ3) is 9.27. The highest BCUT2D eigenvalue weighted by Gasteiger charge is 2.37. The van der Waals surface area contributed by atoms with Gasteiger partial charge in [0.1, 0.15) is 12.5 Å². The molecule has 52 heavy (non-hydrogen) atoms. The largest absolute Gasteiger partial charge is 0.504 e. The van der Waals surface area contributed by atoms with Gasteiger partial charge in [-0.05, 0) is 48.8 Å².